The quantitative estimate of drug-likeness (QED) is 0.731. The van der Waals surface area contributed by atoms with E-state index in [0.29, 0.717) is 0 Å². The minimum Gasteiger partial charge on any atom is -0.377 e. The SMILES string of the molecule is CNCC1CCC1CCOCc1ccccc1. The van der Waals surface area contributed by atoms with Crippen molar-refractivity contribution in [1.29, 1.82) is 0 Å². The molecule has 0 aliphatic heterocycles. The van der Waals surface area contributed by atoms with E-state index in [9.17, 15) is 0 Å². The highest BCUT2D eigenvalue weighted by Crippen LogP contribution is 2.36. The van der Waals surface area contributed by atoms with Gasteiger partial charge in [0.1, 0.15) is 0 Å². The minimum atomic E-state index is 0.754. The van der Waals surface area contributed by atoms with Crippen LogP contribution in [0.5, 0.6) is 0 Å². The third-order valence-electron chi connectivity index (χ3n) is 3.79. The zero-order chi connectivity index (χ0) is 11.9. The summed E-state index contributed by atoms with van der Waals surface area (Å²) >= 11 is 0. The molecule has 0 aromatic heterocycles. The number of hydrogen-bond acceptors (Lipinski definition) is 2. The molecule has 1 aromatic carbocycles. The van der Waals surface area contributed by atoms with Gasteiger partial charge < -0.3 is 10.1 Å². The Bertz CT molecular complexity index is 312. The minimum absolute atomic E-state index is 0.754. The van der Waals surface area contributed by atoms with Gasteiger partial charge in [-0.05, 0) is 50.3 Å². The van der Waals surface area contributed by atoms with Gasteiger partial charge in [-0.15, -0.1) is 0 Å². The fraction of sp³-hybridized carbons (Fsp3) is 0.600. The van der Waals surface area contributed by atoms with Crippen LogP contribution in [0.1, 0.15) is 24.8 Å². The molecule has 2 rings (SSSR count). The third-order valence-corrected chi connectivity index (χ3v) is 3.79. The number of rotatable bonds is 7. The van der Waals surface area contributed by atoms with Crippen molar-refractivity contribution in [3.05, 3.63) is 35.9 Å². The number of ether oxygens (including phenoxy) is 1. The normalized spacial score (nSPS) is 23.4. The average molecular weight is 233 g/mol. The summed E-state index contributed by atoms with van der Waals surface area (Å²) in [6.07, 6.45) is 4.00. The van der Waals surface area contributed by atoms with Crippen LogP contribution in [0.15, 0.2) is 30.3 Å². The molecule has 94 valence electrons. The second-order valence-corrected chi connectivity index (χ2v) is 4.98. The predicted molar refractivity (Wildman–Crippen MR) is 70.9 cm³/mol. The molecular weight excluding hydrogens is 210 g/mol. The summed E-state index contributed by atoms with van der Waals surface area (Å²) in [5, 5.41) is 3.28. The van der Waals surface area contributed by atoms with Gasteiger partial charge in [-0.25, -0.2) is 0 Å². The Labute approximate surface area is 104 Å². The lowest BCUT2D eigenvalue weighted by Crippen LogP contribution is -2.34. The Hall–Kier alpha value is -0.860. The van der Waals surface area contributed by atoms with E-state index >= 15 is 0 Å². The molecule has 0 radical (unpaired) electrons. The maximum absolute atomic E-state index is 5.73. The van der Waals surface area contributed by atoms with Crippen molar-refractivity contribution in [3.8, 4) is 0 Å². The Morgan fingerprint density at radius 1 is 1.18 bits per heavy atom. The van der Waals surface area contributed by atoms with Gasteiger partial charge >= 0.3 is 0 Å². The first kappa shape index (κ1) is 12.6. The van der Waals surface area contributed by atoms with Crippen LogP contribution in [0.2, 0.25) is 0 Å². The maximum atomic E-state index is 5.73. The Balaban J connectivity index is 1.58. The summed E-state index contributed by atoms with van der Waals surface area (Å²) in [7, 11) is 2.04. The van der Waals surface area contributed by atoms with Crippen molar-refractivity contribution in [2.45, 2.75) is 25.9 Å². The second kappa shape index (κ2) is 6.77. The molecule has 2 nitrogen and oxygen atoms in total. The van der Waals surface area contributed by atoms with Gasteiger partial charge in [0.15, 0.2) is 0 Å². The van der Waals surface area contributed by atoms with E-state index in [4.69, 9.17) is 4.74 Å². The van der Waals surface area contributed by atoms with Crippen LogP contribution < -0.4 is 5.32 Å². The molecule has 2 atom stereocenters. The van der Waals surface area contributed by atoms with E-state index in [0.717, 1.165) is 25.0 Å². The lowest BCUT2D eigenvalue weighted by atomic mass is 9.72. The van der Waals surface area contributed by atoms with Crippen molar-refractivity contribution in [2.24, 2.45) is 11.8 Å². The van der Waals surface area contributed by atoms with E-state index < -0.39 is 0 Å². The Morgan fingerprint density at radius 2 is 1.94 bits per heavy atom. The van der Waals surface area contributed by atoms with Crippen LogP contribution in [-0.4, -0.2) is 20.2 Å². The summed E-state index contributed by atoms with van der Waals surface area (Å²) in [5.74, 6) is 1.78. The number of benzene rings is 1. The summed E-state index contributed by atoms with van der Waals surface area (Å²) in [6.45, 7) is 2.83. The molecule has 1 aromatic rings. The highest BCUT2D eigenvalue weighted by molar-refractivity contribution is 5.13. The molecule has 0 spiro atoms. The van der Waals surface area contributed by atoms with E-state index in [1.165, 1.54) is 31.4 Å². The van der Waals surface area contributed by atoms with Gasteiger partial charge in [0.25, 0.3) is 0 Å². The van der Waals surface area contributed by atoms with Crippen molar-refractivity contribution < 1.29 is 4.74 Å². The van der Waals surface area contributed by atoms with E-state index in [1.807, 2.05) is 13.1 Å². The van der Waals surface area contributed by atoms with Crippen molar-refractivity contribution in [1.82, 2.24) is 5.32 Å². The van der Waals surface area contributed by atoms with Gasteiger partial charge in [0.05, 0.1) is 6.61 Å². The molecular formula is C15H23NO. The monoisotopic (exact) mass is 233 g/mol. The smallest absolute Gasteiger partial charge is 0.0716 e. The average Bonchev–Trinajstić information content (AvgIpc) is 2.35. The fourth-order valence-corrected chi connectivity index (χ4v) is 2.55. The zero-order valence-electron chi connectivity index (χ0n) is 10.7. The van der Waals surface area contributed by atoms with Crippen LogP contribution in [0, 0.1) is 11.8 Å². The van der Waals surface area contributed by atoms with E-state index in [-0.39, 0.29) is 0 Å². The lowest BCUT2D eigenvalue weighted by molar-refractivity contribution is 0.0710. The topological polar surface area (TPSA) is 21.3 Å². The zero-order valence-corrected chi connectivity index (χ0v) is 10.7. The van der Waals surface area contributed by atoms with Crippen molar-refractivity contribution in [2.75, 3.05) is 20.2 Å². The molecule has 0 heterocycles. The van der Waals surface area contributed by atoms with Gasteiger partial charge in [-0.1, -0.05) is 30.3 Å². The van der Waals surface area contributed by atoms with Crippen molar-refractivity contribution in [3.63, 3.8) is 0 Å². The molecule has 0 bridgehead atoms. The molecule has 1 saturated carbocycles. The first-order valence-electron chi connectivity index (χ1n) is 6.66. The van der Waals surface area contributed by atoms with Crippen molar-refractivity contribution >= 4 is 0 Å². The maximum Gasteiger partial charge on any atom is 0.0716 e. The molecule has 2 unspecified atom stereocenters. The molecule has 1 N–H and O–H groups in total. The fourth-order valence-electron chi connectivity index (χ4n) is 2.55. The van der Waals surface area contributed by atoms with Crippen LogP contribution >= 0.6 is 0 Å². The molecule has 1 aliphatic carbocycles. The lowest BCUT2D eigenvalue weighted by Gasteiger charge is -2.36. The largest absolute Gasteiger partial charge is 0.377 e. The molecule has 0 saturated heterocycles. The van der Waals surface area contributed by atoms with Crippen LogP contribution in [0.25, 0.3) is 0 Å². The highest BCUT2D eigenvalue weighted by Gasteiger charge is 2.29. The summed E-state index contributed by atoms with van der Waals surface area (Å²) in [6, 6.07) is 10.4. The molecule has 1 fully saturated rings. The van der Waals surface area contributed by atoms with Gasteiger partial charge in [-0.2, -0.15) is 0 Å². The van der Waals surface area contributed by atoms with Crippen LogP contribution in [0.3, 0.4) is 0 Å². The van der Waals surface area contributed by atoms with Gasteiger partial charge in [0.2, 0.25) is 0 Å². The second-order valence-electron chi connectivity index (χ2n) is 4.98. The Kier molecular flexibility index (Phi) is 5.02. The molecule has 17 heavy (non-hydrogen) atoms. The summed E-state index contributed by atoms with van der Waals surface area (Å²) < 4.78 is 5.73. The Morgan fingerprint density at radius 3 is 2.59 bits per heavy atom. The summed E-state index contributed by atoms with van der Waals surface area (Å²) in [4.78, 5) is 0. The van der Waals surface area contributed by atoms with E-state index in [2.05, 4.69) is 29.6 Å². The van der Waals surface area contributed by atoms with Crippen LogP contribution in [-0.2, 0) is 11.3 Å². The van der Waals surface area contributed by atoms with Gasteiger partial charge in [-0.3, -0.25) is 0 Å². The molecule has 1 aliphatic rings. The summed E-state index contributed by atoms with van der Waals surface area (Å²) in [5.41, 5.74) is 1.27. The third kappa shape index (κ3) is 3.83. The standard InChI is InChI=1S/C15H23NO/c1-16-11-15-8-7-14(15)9-10-17-12-13-5-3-2-4-6-13/h2-6,14-16H,7-12H2,1H3. The highest BCUT2D eigenvalue weighted by atomic mass is 16.5. The number of nitrogens with one attached hydrogen (secondary N) is 1. The van der Waals surface area contributed by atoms with Crippen LogP contribution in [0.4, 0.5) is 0 Å². The molecule has 0 amide bonds. The predicted octanol–water partition coefficient (Wildman–Crippen LogP) is 2.84. The van der Waals surface area contributed by atoms with E-state index in [1.54, 1.807) is 0 Å². The number of hydrogen-bond donors (Lipinski definition) is 1. The molecule has 2 heteroatoms. The first-order valence-corrected chi connectivity index (χ1v) is 6.66. The van der Waals surface area contributed by atoms with Gasteiger partial charge in [0, 0.05) is 6.61 Å². The first-order chi connectivity index (χ1) is 8.40.